The maximum absolute atomic E-state index is 12.7. The van der Waals surface area contributed by atoms with E-state index in [0.717, 1.165) is 41.5 Å². The number of amides is 2. The van der Waals surface area contributed by atoms with Gasteiger partial charge in [0.15, 0.2) is 0 Å². The molecule has 1 saturated heterocycles. The van der Waals surface area contributed by atoms with Crippen LogP contribution in [0.2, 0.25) is 0 Å². The summed E-state index contributed by atoms with van der Waals surface area (Å²) in [6.45, 7) is 8.67. The molecule has 0 aliphatic carbocycles. The number of aromatic nitrogens is 4. The Balaban J connectivity index is 1.41. The van der Waals surface area contributed by atoms with E-state index in [1.54, 1.807) is 12.5 Å². The summed E-state index contributed by atoms with van der Waals surface area (Å²) in [6, 6.07) is 7.97. The monoisotopic (exact) mass is 391 g/mol. The van der Waals surface area contributed by atoms with Crippen molar-refractivity contribution in [3.05, 3.63) is 59.9 Å². The molecule has 1 N–H and O–H groups in total. The molecule has 0 atom stereocenters. The van der Waals surface area contributed by atoms with Gasteiger partial charge in [0.25, 0.3) is 0 Å². The van der Waals surface area contributed by atoms with Crippen LogP contribution in [0.4, 0.5) is 16.3 Å². The van der Waals surface area contributed by atoms with E-state index < -0.39 is 0 Å². The summed E-state index contributed by atoms with van der Waals surface area (Å²) in [6.07, 6.45) is 5.31. The molecule has 29 heavy (non-hydrogen) atoms. The van der Waals surface area contributed by atoms with E-state index >= 15 is 0 Å². The first-order valence-corrected chi connectivity index (χ1v) is 9.71. The second kappa shape index (κ2) is 7.90. The average molecular weight is 391 g/mol. The molecule has 0 radical (unpaired) electrons. The van der Waals surface area contributed by atoms with Gasteiger partial charge in [-0.05, 0) is 44.0 Å². The molecular formula is C21H25N7O. The van der Waals surface area contributed by atoms with Crippen molar-refractivity contribution in [3.63, 3.8) is 0 Å². The van der Waals surface area contributed by atoms with E-state index in [4.69, 9.17) is 0 Å². The van der Waals surface area contributed by atoms with Gasteiger partial charge >= 0.3 is 6.03 Å². The Morgan fingerprint density at radius 1 is 0.931 bits per heavy atom. The SMILES string of the molecule is Cc1cc(C)cc(NC(=O)N2CCN(c3cc(-n4ccnc4)nc(C)n3)CC2)c1. The number of hydrogen-bond donors (Lipinski definition) is 1. The molecule has 8 nitrogen and oxygen atoms in total. The number of hydrogen-bond acceptors (Lipinski definition) is 5. The Hall–Kier alpha value is -3.42. The number of anilines is 2. The number of imidazole rings is 1. The molecule has 3 heterocycles. The van der Waals surface area contributed by atoms with Crippen molar-refractivity contribution in [1.82, 2.24) is 24.4 Å². The summed E-state index contributed by atoms with van der Waals surface area (Å²) in [5, 5.41) is 3.02. The maximum atomic E-state index is 12.7. The number of piperazine rings is 1. The van der Waals surface area contributed by atoms with Crippen LogP contribution in [0.5, 0.6) is 0 Å². The topological polar surface area (TPSA) is 79.2 Å². The molecular weight excluding hydrogens is 366 g/mol. The van der Waals surface area contributed by atoms with E-state index in [1.807, 2.05) is 54.6 Å². The smallest absolute Gasteiger partial charge is 0.321 e. The Morgan fingerprint density at radius 2 is 1.62 bits per heavy atom. The van der Waals surface area contributed by atoms with Gasteiger partial charge in [0, 0.05) is 50.3 Å². The third-order valence-corrected chi connectivity index (χ3v) is 4.94. The third-order valence-electron chi connectivity index (χ3n) is 4.94. The molecule has 3 aromatic rings. The first-order valence-electron chi connectivity index (χ1n) is 9.71. The first kappa shape index (κ1) is 18.9. The number of aryl methyl sites for hydroxylation is 3. The van der Waals surface area contributed by atoms with Crippen molar-refractivity contribution in [1.29, 1.82) is 0 Å². The molecule has 1 aromatic carbocycles. The van der Waals surface area contributed by atoms with E-state index in [1.165, 1.54) is 0 Å². The molecule has 1 aliphatic heterocycles. The lowest BCUT2D eigenvalue weighted by Crippen LogP contribution is -2.50. The second-order valence-electron chi connectivity index (χ2n) is 7.38. The van der Waals surface area contributed by atoms with Crippen LogP contribution < -0.4 is 10.2 Å². The van der Waals surface area contributed by atoms with Gasteiger partial charge in [-0.1, -0.05) is 6.07 Å². The van der Waals surface area contributed by atoms with Crippen LogP contribution >= 0.6 is 0 Å². The van der Waals surface area contributed by atoms with Crippen molar-refractivity contribution in [2.75, 3.05) is 36.4 Å². The maximum Gasteiger partial charge on any atom is 0.321 e. The molecule has 1 aliphatic rings. The van der Waals surface area contributed by atoms with E-state index in [2.05, 4.69) is 31.2 Å². The predicted octanol–water partition coefficient (Wildman–Crippen LogP) is 2.94. The van der Waals surface area contributed by atoms with Crippen LogP contribution in [0, 0.1) is 20.8 Å². The summed E-state index contributed by atoms with van der Waals surface area (Å²) in [4.78, 5) is 29.8. The molecule has 1 fully saturated rings. The van der Waals surface area contributed by atoms with E-state index in [9.17, 15) is 4.79 Å². The summed E-state index contributed by atoms with van der Waals surface area (Å²) < 4.78 is 1.87. The molecule has 0 spiro atoms. The van der Waals surface area contributed by atoms with Gasteiger partial charge in [0.05, 0.1) is 0 Å². The molecule has 2 amide bonds. The molecule has 4 rings (SSSR count). The van der Waals surface area contributed by atoms with Crippen LogP contribution in [0.1, 0.15) is 17.0 Å². The van der Waals surface area contributed by atoms with Crippen LogP contribution in [-0.4, -0.2) is 56.6 Å². The number of nitrogens with zero attached hydrogens (tertiary/aromatic N) is 6. The molecule has 0 saturated carbocycles. The second-order valence-corrected chi connectivity index (χ2v) is 7.38. The first-order chi connectivity index (χ1) is 14.0. The zero-order valence-corrected chi connectivity index (χ0v) is 17.0. The highest BCUT2D eigenvalue weighted by Crippen LogP contribution is 2.19. The van der Waals surface area contributed by atoms with Crippen molar-refractivity contribution >= 4 is 17.5 Å². The minimum absolute atomic E-state index is 0.0624. The Morgan fingerprint density at radius 3 is 2.28 bits per heavy atom. The number of benzene rings is 1. The van der Waals surface area contributed by atoms with Crippen LogP contribution in [-0.2, 0) is 0 Å². The van der Waals surface area contributed by atoms with E-state index in [0.29, 0.717) is 18.9 Å². The third kappa shape index (κ3) is 4.37. The summed E-state index contributed by atoms with van der Waals surface area (Å²) in [5.74, 6) is 2.37. The fourth-order valence-electron chi connectivity index (χ4n) is 3.61. The van der Waals surface area contributed by atoms with Gasteiger partial charge in [-0.25, -0.2) is 19.7 Å². The number of nitrogens with one attached hydrogen (secondary N) is 1. The normalized spacial score (nSPS) is 14.2. The lowest BCUT2D eigenvalue weighted by Gasteiger charge is -2.35. The van der Waals surface area contributed by atoms with E-state index in [-0.39, 0.29) is 6.03 Å². The average Bonchev–Trinajstić information content (AvgIpc) is 3.22. The standard InChI is InChI=1S/C21H25N7O/c1-15-10-16(2)12-18(11-15)25-21(29)27-8-6-26(7-9-27)19-13-20(24-17(3)23-19)28-5-4-22-14-28/h4-5,10-14H,6-9H2,1-3H3,(H,25,29). The Kier molecular flexibility index (Phi) is 5.16. The fraction of sp³-hybridized carbons (Fsp3) is 0.333. The largest absolute Gasteiger partial charge is 0.353 e. The van der Waals surface area contributed by atoms with Gasteiger partial charge in [-0.15, -0.1) is 0 Å². The number of carbonyl (C=O) groups is 1. The lowest BCUT2D eigenvalue weighted by atomic mass is 10.1. The van der Waals surface area contributed by atoms with Crippen molar-refractivity contribution in [3.8, 4) is 5.82 Å². The molecule has 0 unspecified atom stereocenters. The van der Waals surface area contributed by atoms with Gasteiger partial charge in [0.1, 0.15) is 23.8 Å². The summed E-state index contributed by atoms with van der Waals surface area (Å²) >= 11 is 0. The quantitative estimate of drug-likeness (QED) is 0.743. The minimum Gasteiger partial charge on any atom is -0.353 e. The van der Waals surface area contributed by atoms with Gasteiger partial charge < -0.3 is 15.1 Å². The highest BCUT2D eigenvalue weighted by molar-refractivity contribution is 5.89. The number of urea groups is 1. The minimum atomic E-state index is -0.0624. The summed E-state index contributed by atoms with van der Waals surface area (Å²) in [7, 11) is 0. The van der Waals surface area contributed by atoms with Gasteiger partial charge in [-0.3, -0.25) is 4.57 Å². The highest BCUT2D eigenvalue weighted by atomic mass is 16.2. The number of carbonyl (C=O) groups excluding carboxylic acids is 1. The zero-order valence-electron chi connectivity index (χ0n) is 17.0. The Labute approximate surface area is 170 Å². The molecule has 2 aromatic heterocycles. The zero-order chi connectivity index (χ0) is 20.4. The number of rotatable bonds is 3. The van der Waals surface area contributed by atoms with Gasteiger partial charge in [-0.2, -0.15) is 0 Å². The van der Waals surface area contributed by atoms with Crippen LogP contribution in [0.15, 0.2) is 43.0 Å². The molecule has 150 valence electrons. The molecule has 8 heteroatoms. The van der Waals surface area contributed by atoms with Crippen LogP contribution in [0.25, 0.3) is 5.82 Å². The predicted molar refractivity (Wildman–Crippen MR) is 113 cm³/mol. The molecule has 0 bridgehead atoms. The van der Waals surface area contributed by atoms with Crippen molar-refractivity contribution < 1.29 is 4.79 Å². The summed E-state index contributed by atoms with van der Waals surface area (Å²) in [5.41, 5.74) is 3.11. The van der Waals surface area contributed by atoms with Crippen LogP contribution in [0.3, 0.4) is 0 Å². The fourth-order valence-corrected chi connectivity index (χ4v) is 3.61. The lowest BCUT2D eigenvalue weighted by molar-refractivity contribution is 0.208. The highest BCUT2D eigenvalue weighted by Gasteiger charge is 2.23. The Bertz CT molecular complexity index is 988. The van der Waals surface area contributed by atoms with Crippen molar-refractivity contribution in [2.45, 2.75) is 20.8 Å². The van der Waals surface area contributed by atoms with Gasteiger partial charge in [0.2, 0.25) is 0 Å². The van der Waals surface area contributed by atoms with Crippen molar-refractivity contribution in [2.24, 2.45) is 0 Å².